The summed E-state index contributed by atoms with van der Waals surface area (Å²) in [7, 11) is 0. The van der Waals surface area contributed by atoms with Crippen LogP contribution in [0, 0.1) is 0 Å². The standard InChI is InChI=1S/C5H11NOS/c1-4(7)5(6)2-3-8/h5,8H,2-3,6H2,1H3/t5-/m0/s1. The van der Waals surface area contributed by atoms with Crippen molar-refractivity contribution < 1.29 is 4.79 Å². The number of thiol groups is 1. The van der Waals surface area contributed by atoms with Gasteiger partial charge in [-0.3, -0.25) is 4.79 Å². The summed E-state index contributed by atoms with van der Waals surface area (Å²) < 4.78 is 0. The summed E-state index contributed by atoms with van der Waals surface area (Å²) in [6.07, 6.45) is 0.679. The molecule has 1 atom stereocenters. The summed E-state index contributed by atoms with van der Waals surface area (Å²) in [5.74, 6) is 0.722. The molecule has 3 heteroatoms. The van der Waals surface area contributed by atoms with Crippen LogP contribution < -0.4 is 5.73 Å². The maximum Gasteiger partial charge on any atom is 0.146 e. The number of nitrogens with two attached hydrogens (primary N) is 1. The Balaban J connectivity index is 3.32. The van der Waals surface area contributed by atoms with Gasteiger partial charge in [0, 0.05) is 0 Å². The Hall–Kier alpha value is -0.0200. The second-order valence-electron chi connectivity index (χ2n) is 1.73. The summed E-state index contributed by atoms with van der Waals surface area (Å²) in [6, 6.07) is -0.299. The molecular weight excluding hydrogens is 122 g/mol. The van der Waals surface area contributed by atoms with Gasteiger partial charge in [-0.15, -0.1) is 0 Å². The van der Waals surface area contributed by atoms with E-state index in [2.05, 4.69) is 12.6 Å². The van der Waals surface area contributed by atoms with Gasteiger partial charge in [-0.25, -0.2) is 0 Å². The van der Waals surface area contributed by atoms with Gasteiger partial charge < -0.3 is 5.73 Å². The van der Waals surface area contributed by atoms with Crippen LogP contribution in [0.5, 0.6) is 0 Å². The van der Waals surface area contributed by atoms with Crippen LogP contribution in [0.25, 0.3) is 0 Å². The minimum Gasteiger partial charge on any atom is -0.321 e. The third-order valence-corrected chi connectivity index (χ3v) is 1.22. The van der Waals surface area contributed by atoms with Crippen molar-refractivity contribution in [3.63, 3.8) is 0 Å². The van der Waals surface area contributed by atoms with Gasteiger partial charge in [0.15, 0.2) is 0 Å². The molecule has 0 spiro atoms. The molecule has 0 amide bonds. The van der Waals surface area contributed by atoms with E-state index in [1.54, 1.807) is 0 Å². The molecule has 8 heavy (non-hydrogen) atoms. The van der Waals surface area contributed by atoms with Crippen LogP contribution in [0.15, 0.2) is 0 Å². The zero-order chi connectivity index (χ0) is 6.57. The Labute approximate surface area is 54.9 Å². The van der Waals surface area contributed by atoms with Gasteiger partial charge in [0.2, 0.25) is 0 Å². The number of ketones is 1. The molecule has 0 aliphatic heterocycles. The van der Waals surface area contributed by atoms with Gasteiger partial charge in [0.05, 0.1) is 6.04 Å². The molecule has 0 aliphatic rings. The highest BCUT2D eigenvalue weighted by molar-refractivity contribution is 7.80. The second-order valence-corrected chi connectivity index (χ2v) is 2.18. The minimum absolute atomic E-state index is 0.0408. The van der Waals surface area contributed by atoms with E-state index < -0.39 is 0 Å². The molecule has 0 aromatic carbocycles. The van der Waals surface area contributed by atoms with Crippen molar-refractivity contribution in [2.24, 2.45) is 5.73 Å². The highest BCUT2D eigenvalue weighted by Gasteiger charge is 2.04. The van der Waals surface area contributed by atoms with E-state index in [0.29, 0.717) is 12.2 Å². The van der Waals surface area contributed by atoms with Gasteiger partial charge in [-0.1, -0.05) is 0 Å². The third-order valence-electron chi connectivity index (χ3n) is 0.962. The first-order valence-electron chi connectivity index (χ1n) is 2.55. The first-order valence-corrected chi connectivity index (χ1v) is 3.18. The quantitative estimate of drug-likeness (QED) is 0.541. The van der Waals surface area contributed by atoms with E-state index in [1.165, 1.54) is 6.92 Å². The van der Waals surface area contributed by atoms with Crippen LogP contribution in [0.1, 0.15) is 13.3 Å². The lowest BCUT2D eigenvalue weighted by Crippen LogP contribution is -2.28. The Morgan fingerprint density at radius 2 is 2.38 bits per heavy atom. The van der Waals surface area contributed by atoms with Crippen LogP contribution in [-0.2, 0) is 4.79 Å². The third kappa shape index (κ3) is 3.04. The Kier molecular flexibility index (Phi) is 3.91. The van der Waals surface area contributed by atoms with E-state index in [4.69, 9.17) is 5.73 Å². The number of rotatable bonds is 3. The van der Waals surface area contributed by atoms with Gasteiger partial charge in [-0.05, 0) is 19.1 Å². The Bertz CT molecular complexity index is 84.5. The lowest BCUT2D eigenvalue weighted by molar-refractivity contribution is -0.118. The maximum absolute atomic E-state index is 10.4. The Morgan fingerprint density at radius 3 is 2.50 bits per heavy atom. The largest absolute Gasteiger partial charge is 0.321 e. The SMILES string of the molecule is CC(=O)[C@@H](N)CCS. The molecular formula is C5H11NOS. The van der Waals surface area contributed by atoms with Crippen molar-refractivity contribution in [3.05, 3.63) is 0 Å². The monoisotopic (exact) mass is 133 g/mol. The fraction of sp³-hybridized carbons (Fsp3) is 0.800. The molecule has 0 aromatic heterocycles. The fourth-order valence-corrected chi connectivity index (χ4v) is 0.621. The maximum atomic E-state index is 10.4. The number of Topliss-reactive ketones (excluding diaryl/α,β-unsaturated/α-hetero) is 1. The normalized spacial score (nSPS) is 13.4. The molecule has 0 heterocycles. The summed E-state index contributed by atoms with van der Waals surface area (Å²) in [4.78, 5) is 10.4. The first-order chi connectivity index (χ1) is 3.68. The molecule has 0 saturated heterocycles. The van der Waals surface area contributed by atoms with Crippen molar-refractivity contribution in [1.82, 2.24) is 0 Å². The summed E-state index contributed by atoms with van der Waals surface area (Å²) in [5, 5.41) is 0. The van der Waals surface area contributed by atoms with Crippen molar-refractivity contribution in [3.8, 4) is 0 Å². The summed E-state index contributed by atoms with van der Waals surface area (Å²) >= 11 is 3.92. The van der Waals surface area contributed by atoms with Crippen LogP contribution in [0.2, 0.25) is 0 Å². The zero-order valence-corrected chi connectivity index (χ0v) is 5.82. The topological polar surface area (TPSA) is 43.1 Å². The molecule has 0 fully saturated rings. The van der Waals surface area contributed by atoms with Gasteiger partial charge >= 0.3 is 0 Å². The van der Waals surface area contributed by atoms with Crippen molar-refractivity contribution in [2.45, 2.75) is 19.4 Å². The first kappa shape index (κ1) is 7.98. The minimum atomic E-state index is -0.299. The van der Waals surface area contributed by atoms with Crippen molar-refractivity contribution in [1.29, 1.82) is 0 Å². The molecule has 48 valence electrons. The smallest absolute Gasteiger partial charge is 0.146 e. The van der Waals surface area contributed by atoms with Crippen LogP contribution >= 0.6 is 12.6 Å². The lowest BCUT2D eigenvalue weighted by Gasteiger charge is -2.02. The van der Waals surface area contributed by atoms with E-state index in [9.17, 15) is 4.79 Å². The fourth-order valence-electron chi connectivity index (χ4n) is 0.342. The molecule has 2 N–H and O–H groups in total. The average Bonchev–Trinajstić information content (AvgIpc) is 1.67. The number of carbonyl (C=O) groups excluding carboxylic acids is 1. The highest BCUT2D eigenvalue weighted by atomic mass is 32.1. The molecule has 0 aliphatic carbocycles. The van der Waals surface area contributed by atoms with E-state index >= 15 is 0 Å². The lowest BCUT2D eigenvalue weighted by atomic mass is 10.2. The molecule has 0 bridgehead atoms. The molecule has 0 saturated carbocycles. The molecule has 0 rings (SSSR count). The average molecular weight is 133 g/mol. The Morgan fingerprint density at radius 1 is 1.88 bits per heavy atom. The van der Waals surface area contributed by atoms with Crippen LogP contribution in [0.4, 0.5) is 0 Å². The highest BCUT2D eigenvalue weighted by Crippen LogP contribution is 1.90. The number of hydrogen-bond donors (Lipinski definition) is 2. The van der Waals surface area contributed by atoms with Crippen LogP contribution in [0.3, 0.4) is 0 Å². The van der Waals surface area contributed by atoms with Crippen molar-refractivity contribution in [2.75, 3.05) is 5.75 Å². The van der Waals surface area contributed by atoms with Gasteiger partial charge in [0.25, 0.3) is 0 Å². The number of carbonyl (C=O) groups is 1. The second kappa shape index (κ2) is 3.92. The number of hydrogen-bond acceptors (Lipinski definition) is 3. The summed E-state index contributed by atoms with van der Waals surface area (Å²) in [6.45, 7) is 1.49. The molecule has 0 unspecified atom stereocenters. The van der Waals surface area contributed by atoms with Gasteiger partial charge in [0.1, 0.15) is 5.78 Å². The van der Waals surface area contributed by atoms with Crippen molar-refractivity contribution >= 4 is 18.4 Å². The van der Waals surface area contributed by atoms with Crippen LogP contribution in [-0.4, -0.2) is 17.6 Å². The predicted molar refractivity (Wildman–Crippen MR) is 37.1 cm³/mol. The molecule has 0 radical (unpaired) electrons. The van der Waals surface area contributed by atoms with E-state index in [0.717, 1.165) is 0 Å². The van der Waals surface area contributed by atoms with E-state index in [-0.39, 0.29) is 11.8 Å². The van der Waals surface area contributed by atoms with Gasteiger partial charge in [-0.2, -0.15) is 12.6 Å². The van der Waals surface area contributed by atoms with E-state index in [1.807, 2.05) is 0 Å². The molecule has 0 aromatic rings. The zero-order valence-electron chi connectivity index (χ0n) is 4.92. The summed E-state index contributed by atoms with van der Waals surface area (Å²) in [5.41, 5.74) is 5.33. The molecule has 2 nitrogen and oxygen atoms in total. The predicted octanol–water partition coefficient (Wildman–Crippen LogP) is 0.223.